The van der Waals surface area contributed by atoms with Crippen LogP contribution in [0.5, 0.6) is 0 Å². The molecule has 0 radical (unpaired) electrons. The molecule has 1 unspecified atom stereocenters. The van der Waals surface area contributed by atoms with Gasteiger partial charge >= 0.3 is 18.2 Å². The normalized spacial score (nSPS) is 20.3. The summed E-state index contributed by atoms with van der Waals surface area (Å²) in [5, 5.41) is 12.7. The number of nitrogens with zero attached hydrogens (tertiary/aromatic N) is 4. The van der Waals surface area contributed by atoms with Crippen molar-refractivity contribution in [2.45, 2.75) is 31.2 Å². The van der Waals surface area contributed by atoms with Crippen molar-refractivity contribution in [3.63, 3.8) is 0 Å². The van der Waals surface area contributed by atoms with E-state index in [-0.39, 0.29) is 25.5 Å². The number of carbonyl (C=O) groups excluding carboxylic acids is 4. The number of carboxylic acid groups (broad SMARTS) is 1. The van der Waals surface area contributed by atoms with Crippen LogP contribution in [0.4, 0.5) is 15.3 Å². The number of alkyl carbamates (subject to hydrolysis) is 1. The van der Waals surface area contributed by atoms with E-state index in [4.69, 9.17) is 9.47 Å². The molecule has 0 spiro atoms. The van der Waals surface area contributed by atoms with E-state index in [9.17, 15) is 29.1 Å². The summed E-state index contributed by atoms with van der Waals surface area (Å²) in [6.45, 7) is -0.209. The summed E-state index contributed by atoms with van der Waals surface area (Å²) >= 11 is 0. The lowest BCUT2D eigenvalue weighted by atomic mass is 9.78. The molecule has 3 aliphatic rings. The molecule has 13 heteroatoms. The fraction of sp³-hybridized carbons (Fsp3) is 0.273. The van der Waals surface area contributed by atoms with Crippen LogP contribution in [0, 0.1) is 5.92 Å². The maximum atomic E-state index is 14.1. The van der Waals surface area contributed by atoms with Crippen molar-refractivity contribution in [1.29, 1.82) is 0 Å². The lowest BCUT2D eigenvalue weighted by Crippen LogP contribution is -2.74. The number of hydrogen-bond acceptors (Lipinski definition) is 8. The van der Waals surface area contributed by atoms with Crippen molar-refractivity contribution < 1.29 is 38.6 Å². The van der Waals surface area contributed by atoms with Crippen LogP contribution < -0.4 is 10.2 Å². The van der Waals surface area contributed by atoms with Crippen LogP contribution in [0.25, 0.3) is 0 Å². The molecule has 3 aromatic rings. The van der Waals surface area contributed by atoms with Gasteiger partial charge in [0.1, 0.15) is 31.0 Å². The first-order chi connectivity index (χ1) is 22.3. The zero-order chi connectivity index (χ0) is 32.4. The highest BCUT2D eigenvalue weighted by Gasteiger charge is 2.64. The third-order valence-electron chi connectivity index (χ3n) is 8.55. The van der Waals surface area contributed by atoms with Gasteiger partial charge in [-0.05, 0) is 29.7 Å². The second kappa shape index (κ2) is 12.7. The molecule has 1 aromatic heterocycles. The Morgan fingerprint density at radius 1 is 0.978 bits per heavy atom. The molecular formula is C33H31N5O8. The summed E-state index contributed by atoms with van der Waals surface area (Å²) in [5.41, 5.74) is 1.90. The van der Waals surface area contributed by atoms with Gasteiger partial charge in [-0.25, -0.2) is 14.4 Å². The maximum absolute atomic E-state index is 14.1. The number of β-lactam (4-membered cyclic amide) rings is 1. The lowest BCUT2D eigenvalue weighted by Gasteiger charge is -2.53. The molecule has 4 atom stereocenters. The molecule has 0 bridgehead atoms. The SMILES string of the molecule is CN(C(=O)OCC1=C(C(=O)O)N2C(=O)[C@@H]3[C@H]2C1CCN3C(=O)[C@H](NC(=O)OCc1ccccc1)c1ccccc1)c1ccncc1. The average Bonchev–Trinajstić information content (AvgIpc) is 3.41. The molecule has 2 aromatic carbocycles. The van der Waals surface area contributed by atoms with E-state index < -0.39 is 54.0 Å². The number of amides is 4. The first-order valence-corrected chi connectivity index (χ1v) is 14.7. The van der Waals surface area contributed by atoms with Crippen molar-refractivity contribution in [3.8, 4) is 0 Å². The van der Waals surface area contributed by atoms with Gasteiger partial charge in [-0.3, -0.25) is 24.4 Å². The van der Waals surface area contributed by atoms with Crippen molar-refractivity contribution in [2.24, 2.45) is 5.92 Å². The first kappa shape index (κ1) is 30.3. The van der Waals surface area contributed by atoms with Gasteiger partial charge in [0.2, 0.25) is 0 Å². The summed E-state index contributed by atoms with van der Waals surface area (Å²) in [4.78, 5) is 73.4. The van der Waals surface area contributed by atoms with Crippen LogP contribution in [0.15, 0.2) is 96.5 Å². The van der Waals surface area contributed by atoms with Crippen molar-refractivity contribution in [1.82, 2.24) is 20.1 Å². The summed E-state index contributed by atoms with van der Waals surface area (Å²) in [5.74, 6) is -2.82. The van der Waals surface area contributed by atoms with Crippen molar-refractivity contribution in [2.75, 3.05) is 25.1 Å². The number of hydrogen-bond donors (Lipinski definition) is 2. The third kappa shape index (κ3) is 5.62. The topological polar surface area (TPSA) is 159 Å². The maximum Gasteiger partial charge on any atom is 0.414 e. The number of aliphatic carboxylic acids is 1. The van der Waals surface area contributed by atoms with Crippen molar-refractivity contribution in [3.05, 3.63) is 108 Å². The molecule has 2 fully saturated rings. The number of carbonyl (C=O) groups is 5. The van der Waals surface area contributed by atoms with E-state index in [0.29, 0.717) is 23.2 Å². The Bertz CT molecular complexity index is 1680. The smallest absolute Gasteiger partial charge is 0.414 e. The Balaban J connectivity index is 1.18. The number of rotatable bonds is 9. The van der Waals surface area contributed by atoms with E-state index in [1.807, 2.05) is 18.2 Å². The Morgan fingerprint density at radius 2 is 1.65 bits per heavy atom. The highest BCUT2D eigenvalue weighted by Crippen LogP contribution is 2.49. The molecule has 6 rings (SSSR count). The quantitative estimate of drug-likeness (QED) is 0.341. The predicted octanol–water partition coefficient (Wildman–Crippen LogP) is 3.10. The van der Waals surface area contributed by atoms with E-state index in [1.165, 1.54) is 34.1 Å². The molecular weight excluding hydrogens is 594 g/mol. The minimum atomic E-state index is -1.32. The van der Waals surface area contributed by atoms with Gasteiger partial charge < -0.3 is 24.8 Å². The van der Waals surface area contributed by atoms with Gasteiger partial charge in [-0.15, -0.1) is 0 Å². The Labute approximate surface area is 264 Å². The number of likely N-dealkylation sites (tertiary alicyclic amines) is 1. The van der Waals surface area contributed by atoms with Crippen LogP contribution >= 0.6 is 0 Å². The van der Waals surface area contributed by atoms with Crippen LogP contribution in [-0.2, 0) is 30.5 Å². The minimum absolute atomic E-state index is 0.00124. The van der Waals surface area contributed by atoms with E-state index >= 15 is 0 Å². The van der Waals surface area contributed by atoms with E-state index in [2.05, 4.69) is 10.3 Å². The molecule has 4 heterocycles. The Morgan fingerprint density at radius 3 is 2.33 bits per heavy atom. The van der Waals surface area contributed by atoms with Crippen LogP contribution in [0.1, 0.15) is 23.6 Å². The number of benzene rings is 2. The molecule has 0 aliphatic carbocycles. The largest absolute Gasteiger partial charge is 0.477 e. The number of piperidine rings is 1. The highest BCUT2D eigenvalue weighted by molar-refractivity contribution is 6.04. The number of pyridine rings is 1. The summed E-state index contributed by atoms with van der Waals surface area (Å²) in [6.07, 6.45) is 1.86. The zero-order valence-corrected chi connectivity index (χ0v) is 24.8. The molecule has 2 saturated heterocycles. The van der Waals surface area contributed by atoms with Crippen LogP contribution in [-0.4, -0.2) is 82.1 Å². The summed E-state index contributed by atoms with van der Waals surface area (Å²) < 4.78 is 10.9. The Kier molecular flexibility index (Phi) is 8.38. The second-order valence-electron chi connectivity index (χ2n) is 11.1. The lowest BCUT2D eigenvalue weighted by molar-refractivity contribution is -0.169. The van der Waals surface area contributed by atoms with Gasteiger partial charge in [0.15, 0.2) is 0 Å². The predicted molar refractivity (Wildman–Crippen MR) is 162 cm³/mol. The fourth-order valence-electron chi connectivity index (χ4n) is 6.32. The summed E-state index contributed by atoms with van der Waals surface area (Å²) in [7, 11) is 1.52. The monoisotopic (exact) mass is 625 g/mol. The van der Waals surface area contributed by atoms with E-state index in [1.54, 1.807) is 54.6 Å². The molecule has 13 nitrogen and oxygen atoms in total. The number of aromatic nitrogens is 1. The second-order valence-corrected chi connectivity index (χ2v) is 11.1. The van der Waals surface area contributed by atoms with Gasteiger partial charge in [0, 0.05) is 43.2 Å². The van der Waals surface area contributed by atoms with Crippen LogP contribution in [0.3, 0.4) is 0 Å². The third-order valence-corrected chi connectivity index (χ3v) is 8.55. The van der Waals surface area contributed by atoms with Gasteiger partial charge in [0.05, 0.1) is 6.04 Å². The van der Waals surface area contributed by atoms with Gasteiger partial charge in [-0.2, -0.15) is 0 Å². The van der Waals surface area contributed by atoms with Crippen LogP contribution in [0.2, 0.25) is 0 Å². The number of ether oxygens (including phenoxy) is 2. The fourth-order valence-corrected chi connectivity index (χ4v) is 6.32. The number of nitrogens with one attached hydrogen (secondary N) is 1. The molecule has 4 amide bonds. The number of anilines is 1. The summed E-state index contributed by atoms with van der Waals surface area (Å²) in [6, 6.07) is 18.2. The van der Waals surface area contributed by atoms with Gasteiger partial charge in [0.25, 0.3) is 11.8 Å². The standard InChI is InChI=1S/C33H31N5O8/c1-36(22-12-15-34-16-13-22)33(44)46-19-24-23-14-17-37(28-26(23)38(30(28)40)27(24)31(41)42)29(39)25(21-10-6-3-7-11-21)35-32(43)45-18-20-8-4-2-5-9-20/h2-13,15-16,23,25-26,28H,14,17-19H2,1H3,(H,35,43)(H,41,42)/t23?,25-,26-,28+/m1/s1. The highest BCUT2D eigenvalue weighted by atomic mass is 16.6. The average molecular weight is 626 g/mol. The van der Waals surface area contributed by atoms with E-state index in [0.717, 1.165) is 5.56 Å². The Hall–Kier alpha value is -5.72. The molecule has 2 N–H and O–H groups in total. The molecule has 46 heavy (non-hydrogen) atoms. The first-order valence-electron chi connectivity index (χ1n) is 14.7. The molecule has 0 saturated carbocycles. The number of carboxylic acids is 1. The molecule has 236 valence electrons. The zero-order valence-electron chi connectivity index (χ0n) is 24.8. The minimum Gasteiger partial charge on any atom is -0.477 e. The van der Waals surface area contributed by atoms with Gasteiger partial charge in [-0.1, -0.05) is 60.7 Å². The van der Waals surface area contributed by atoms with Crippen molar-refractivity contribution >= 4 is 35.7 Å². The molecule has 3 aliphatic heterocycles.